The highest BCUT2D eigenvalue weighted by molar-refractivity contribution is 5.26. The van der Waals surface area contributed by atoms with Crippen molar-refractivity contribution < 1.29 is 9.47 Å². The number of hydrogen-bond donors (Lipinski definition) is 0. The molecule has 1 aliphatic heterocycles. The van der Waals surface area contributed by atoms with Crippen molar-refractivity contribution in [2.45, 2.75) is 90.3 Å². The highest BCUT2D eigenvalue weighted by Gasteiger charge is 2.25. The maximum atomic E-state index is 6.01. The molecule has 0 spiro atoms. The molecule has 1 aliphatic carbocycles. The van der Waals surface area contributed by atoms with Gasteiger partial charge >= 0.3 is 0 Å². The van der Waals surface area contributed by atoms with Crippen LogP contribution in [0.3, 0.4) is 0 Å². The summed E-state index contributed by atoms with van der Waals surface area (Å²) in [6.45, 7) is 6.26. The predicted molar refractivity (Wildman–Crippen MR) is 108 cm³/mol. The zero-order chi connectivity index (χ0) is 18.2. The molecule has 0 bridgehead atoms. The fourth-order valence-electron chi connectivity index (χ4n) is 4.70. The zero-order valence-corrected chi connectivity index (χ0v) is 16.9. The van der Waals surface area contributed by atoms with Crippen LogP contribution >= 0.6 is 0 Å². The molecule has 1 saturated carbocycles. The maximum Gasteiger partial charge on any atom is 0.183 e. The van der Waals surface area contributed by atoms with Crippen LogP contribution in [0.2, 0.25) is 0 Å². The summed E-state index contributed by atoms with van der Waals surface area (Å²) in [6.07, 6.45) is 13.3. The van der Waals surface area contributed by atoms with E-state index in [1.165, 1.54) is 75.3 Å². The first-order valence-corrected chi connectivity index (χ1v) is 11.1. The van der Waals surface area contributed by atoms with Crippen LogP contribution in [-0.4, -0.2) is 13.2 Å². The lowest BCUT2D eigenvalue weighted by Gasteiger charge is -2.31. The highest BCUT2D eigenvalue weighted by Crippen LogP contribution is 2.38. The van der Waals surface area contributed by atoms with Crippen molar-refractivity contribution in [2.75, 3.05) is 13.2 Å². The standard InChI is InChI=1S/C24H38O2/c1-3-5-6-8-20-17-25-24(26-18-20)23-15-13-22(14-16-23)21-11-9-19(7-4-2)10-12-21/h13-16,19-21,24H,3-12,17-18H2,1-2H3. The Hall–Kier alpha value is -0.860. The molecule has 1 heterocycles. The summed E-state index contributed by atoms with van der Waals surface area (Å²) in [5, 5.41) is 0. The van der Waals surface area contributed by atoms with Crippen molar-refractivity contribution >= 4 is 0 Å². The van der Waals surface area contributed by atoms with E-state index in [0.29, 0.717) is 5.92 Å². The molecule has 0 radical (unpaired) electrons. The lowest BCUT2D eigenvalue weighted by atomic mass is 9.77. The van der Waals surface area contributed by atoms with Gasteiger partial charge in [0, 0.05) is 11.5 Å². The first-order valence-electron chi connectivity index (χ1n) is 11.1. The summed E-state index contributed by atoms with van der Waals surface area (Å²) in [5.74, 6) is 2.31. The molecule has 1 aromatic rings. The Bertz CT molecular complexity index is 493. The molecular weight excluding hydrogens is 320 g/mol. The van der Waals surface area contributed by atoms with Gasteiger partial charge in [0.1, 0.15) is 0 Å². The summed E-state index contributed by atoms with van der Waals surface area (Å²) < 4.78 is 12.0. The summed E-state index contributed by atoms with van der Waals surface area (Å²) >= 11 is 0. The lowest BCUT2D eigenvalue weighted by Crippen LogP contribution is -2.27. The van der Waals surface area contributed by atoms with Gasteiger partial charge in [-0.2, -0.15) is 0 Å². The Kier molecular flexibility index (Phi) is 8.01. The van der Waals surface area contributed by atoms with E-state index in [1.54, 1.807) is 0 Å². The third kappa shape index (κ3) is 5.57. The minimum atomic E-state index is -0.160. The second-order valence-electron chi connectivity index (χ2n) is 8.53. The smallest absolute Gasteiger partial charge is 0.183 e. The topological polar surface area (TPSA) is 18.5 Å². The molecule has 1 saturated heterocycles. The molecule has 0 aromatic heterocycles. The number of benzene rings is 1. The predicted octanol–water partition coefficient (Wildman–Crippen LogP) is 7.00. The van der Waals surface area contributed by atoms with Crippen molar-refractivity contribution in [3.63, 3.8) is 0 Å². The van der Waals surface area contributed by atoms with Gasteiger partial charge in [-0.25, -0.2) is 0 Å². The highest BCUT2D eigenvalue weighted by atomic mass is 16.7. The molecule has 0 N–H and O–H groups in total. The fourth-order valence-corrected chi connectivity index (χ4v) is 4.70. The van der Waals surface area contributed by atoms with Gasteiger partial charge in [0.15, 0.2) is 6.29 Å². The minimum Gasteiger partial charge on any atom is -0.348 e. The van der Waals surface area contributed by atoms with Crippen molar-refractivity contribution in [2.24, 2.45) is 11.8 Å². The average molecular weight is 359 g/mol. The van der Waals surface area contributed by atoms with Crippen LogP contribution in [0.4, 0.5) is 0 Å². The molecule has 26 heavy (non-hydrogen) atoms. The van der Waals surface area contributed by atoms with E-state index in [4.69, 9.17) is 9.47 Å². The molecule has 2 heteroatoms. The van der Waals surface area contributed by atoms with Crippen LogP contribution in [0.5, 0.6) is 0 Å². The van der Waals surface area contributed by atoms with Crippen molar-refractivity contribution in [1.29, 1.82) is 0 Å². The second kappa shape index (κ2) is 10.5. The summed E-state index contributed by atoms with van der Waals surface area (Å²) in [7, 11) is 0. The van der Waals surface area contributed by atoms with Gasteiger partial charge in [-0.15, -0.1) is 0 Å². The maximum absolute atomic E-state index is 6.01. The first kappa shape index (κ1) is 19.9. The van der Waals surface area contributed by atoms with Gasteiger partial charge in [-0.1, -0.05) is 70.2 Å². The van der Waals surface area contributed by atoms with Crippen molar-refractivity contribution in [1.82, 2.24) is 0 Å². The molecule has 0 unspecified atom stereocenters. The second-order valence-corrected chi connectivity index (χ2v) is 8.53. The third-order valence-corrected chi connectivity index (χ3v) is 6.41. The van der Waals surface area contributed by atoms with Gasteiger partial charge in [0.05, 0.1) is 13.2 Å². The fraction of sp³-hybridized carbons (Fsp3) is 0.750. The Labute approximate surface area is 160 Å². The van der Waals surface area contributed by atoms with Crippen LogP contribution in [0, 0.1) is 11.8 Å². The van der Waals surface area contributed by atoms with Gasteiger partial charge < -0.3 is 9.47 Å². The van der Waals surface area contributed by atoms with E-state index >= 15 is 0 Å². The summed E-state index contributed by atoms with van der Waals surface area (Å²) in [4.78, 5) is 0. The lowest BCUT2D eigenvalue weighted by molar-refractivity contribution is -0.206. The molecule has 146 valence electrons. The molecule has 0 atom stereocenters. The van der Waals surface area contributed by atoms with E-state index in [2.05, 4.69) is 38.1 Å². The average Bonchev–Trinajstić information content (AvgIpc) is 2.70. The monoisotopic (exact) mass is 358 g/mol. The quantitative estimate of drug-likeness (QED) is 0.466. The summed E-state index contributed by atoms with van der Waals surface area (Å²) in [5.41, 5.74) is 2.69. The largest absolute Gasteiger partial charge is 0.348 e. The van der Waals surface area contributed by atoms with E-state index in [1.807, 2.05) is 0 Å². The zero-order valence-electron chi connectivity index (χ0n) is 16.9. The molecule has 0 amide bonds. The van der Waals surface area contributed by atoms with Crippen LogP contribution in [0.15, 0.2) is 24.3 Å². The van der Waals surface area contributed by atoms with Crippen LogP contribution < -0.4 is 0 Å². The van der Waals surface area contributed by atoms with Gasteiger partial charge in [0.25, 0.3) is 0 Å². The van der Waals surface area contributed by atoms with Crippen LogP contribution in [-0.2, 0) is 9.47 Å². The van der Waals surface area contributed by atoms with Crippen molar-refractivity contribution in [3.05, 3.63) is 35.4 Å². The van der Waals surface area contributed by atoms with Gasteiger partial charge in [0.2, 0.25) is 0 Å². The number of unbranched alkanes of at least 4 members (excludes halogenated alkanes) is 2. The SMILES string of the molecule is CCCCCC1COC(c2ccc(C3CCC(CCC)CC3)cc2)OC1. The molecule has 3 rings (SSSR count). The Morgan fingerprint density at radius 1 is 0.731 bits per heavy atom. The van der Waals surface area contributed by atoms with Gasteiger partial charge in [-0.3, -0.25) is 0 Å². The van der Waals surface area contributed by atoms with Crippen molar-refractivity contribution in [3.8, 4) is 0 Å². The summed E-state index contributed by atoms with van der Waals surface area (Å²) in [6, 6.07) is 9.10. The van der Waals surface area contributed by atoms with Gasteiger partial charge in [-0.05, 0) is 49.5 Å². The van der Waals surface area contributed by atoms with E-state index in [-0.39, 0.29) is 6.29 Å². The van der Waals surface area contributed by atoms with Crippen LogP contribution in [0.1, 0.15) is 101 Å². The number of hydrogen-bond acceptors (Lipinski definition) is 2. The molecule has 2 fully saturated rings. The third-order valence-electron chi connectivity index (χ3n) is 6.41. The first-order chi connectivity index (χ1) is 12.8. The number of ether oxygens (including phenoxy) is 2. The van der Waals surface area contributed by atoms with Crippen LogP contribution in [0.25, 0.3) is 0 Å². The molecule has 1 aromatic carbocycles. The molecular formula is C24H38O2. The Morgan fingerprint density at radius 2 is 1.38 bits per heavy atom. The molecule has 2 aliphatic rings. The molecule has 2 nitrogen and oxygen atoms in total. The van der Waals surface area contributed by atoms with E-state index in [0.717, 1.165) is 25.0 Å². The normalized spacial score (nSPS) is 29.6. The van der Waals surface area contributed by atoms with E-state index < -0.39 is 0 Å². The Morgan fingerprint density at radius 3 is 2.00 bits per heavy atom. The van der Waals surface area contributed by atoms with E-state index in [9.17, 15) is 0 Å². The minimum absolute atomic E-state index is 0.160. The number of rotatable bonds is 8. The Balaban J connectivity index is 1.45.